The Bertz CT molecular complexity index is 1100. The van der Waals surface area contributed by atoms with E-state index in [0.717, 1.165) is 43.0 Å². The van der Waals surface area contributed by atoms with Crippen LogP contribution in [0.25, 0.3) is 0 Å². The molecule has 2 rings (SSSR count). The molecule has 0 heterocycles. The molecule has 2 aromatic rings. The summed E-state index contributed by atoms with van der Waals surface area (Å²) < 4.78 is 74.0. The van der Waals surface area contributed by atoms with Gasteiger partial charge in [0.1, 0.15) is 31.7 Å². The largest absolute Gasteiger partial charge is 1.00 e. The van der Waals surface area contributed by atoms with Crippen LogP contribution in [0.2, 0.25) is 0 Å². The van der Waals surface area contributed by atoms with Gasteiger partial charge in [-0.05, 0) is 48.7 Å². The monoisotopic (exact) mass is 542 g/mol. The molecule has 0 fully saturated rings. The fourth-order valence-corrected chi connectivity index (χ4v) is 4.71. The molecule has 35 heavy (non-hydrogen) atoms. The van der Waals surface area contributed by atoms with Gasteiger partial charge in [-0.1, -0.05) is 76.8 Å². The summed E-state index contributed by atoms with van der Waals surface area (Å²) in [5.41, 5.74) is 0.978. The molecule has 0 N–H and O–H groups in total. The molecule has 11 heteroatoms. The van der Waals surface area contributed by atoms with Gasteiger partial charge in [0.15, 0.2) is 0 Å². The molecule has 184 valence electrons. The average molecular weight is 543 g/mol. The van der Waals surface area contributed by atoms with E-state index in [-0.39, 0.29) is 64.9 Å². The zero-order valence-corrected chi connectivity index (χ0v) is 26.6. The van der Waals surface area contributed by atoms with Crippen molar-refractivity contribution < 1.29 is 89.8 Å². The third-order valence-electron chi connectivity index (χ3n) is 5.42. The quantitative estimate of drug-likeness (QED) is 0.173. The van der Waals surface area contributed by atoms with Crippen LogP contribution in [0.3, 0.4) is 0 Å². The van der Waals surface area contributed by atoms with Gasteiger partial charge in [-0.3, -0.25) is 0 Å². The number of ether oxygens (including phenoxy) is 1. The van der Waals surface area contributed by atoms with Gasteiger partial charge in [0, 0.05) is 0 Å². The smallest absolute Gasteiger partial charge is 0.744 e. The Kier molecular flexibility index (Phi) is 17.6. The summed E-state index contributed by atoms with van der Waals surface area (Å²) in [7, 11) is -9.77. The molecule has 0 saturated carbocycles. The zero-order chi connectivity index (χ0) is 24.3. The topological polar surface area (TPSA) is 124 Å². The van der Waals surface area contributed by atoms with Crippen molar-refractivity contribution in [3.05, 3.63) is 48.0 Å². The van der Waals surface area contributed by atoms with E-state index in [0.29, 0.717) is 0 Å². The van der Waals surface area contributed by atoms with Crippen LogP contribution in [0.4, 0.5) is 0 Å². The van der Waals surface area contributed by atoms with Crippen molar-refractivity contribution in [1.29, 1.82) is 0 Å². The van der Waals surface area contributed by atoms with Crippen molar-refractivity contribution in [2.45, 2.75) is 87.3 Å². The van der Waals surface area contributed by atoms with E-state index in [1.54, 1.807) is 18.2 Å². The molecule has 0 unspecified atom stereocenters. The van der Waals surface area contributed by atoms with E-state index >= 15 is 0 Å². The van der Waals surface area contributed by atoms with Crippen LogP contribution in [0.1, 0.15) is 76.7 Å². The fourth-order valence-electron chi connectivity index (χ4n) is 3.64. The maximum Gasteiger partial charge on any atom is 1.00 e. The maximum atomic E-state index is 11.5. The van der Waals surface area contributed by atoms with E-state index < -0.39 is 35.8 Å². The molecule has 0 amide bonds. The predicted octanol–water partition coefficient (Wildman–Crippen LogP) is -0.241. The molecule has 2 aromatic carbocycles. The Morgan fingerprint density at radius 1 is 0.714 bits per heavy atom. The normalized spacial score (nSPS) is 11.4. The van der Waals surface area contributed by atoms with Crippen molar-refractivity contribution in [2.24, 2.45) is 0 Å². The Morgan fingerprint density at radius 3 is 1.83 bits per heavy atom. The number of hydrogen-bond acceptors (Lipinski definition) is 7. The van der Waals surface area contributed by atoms with Crippen LogP contribution >= 0.6 is 0 Å². The summed E-state index contributed by atoms with van der Waals surface area (Å²) in [6.45, 7) is 2.22. The molecule has 0 aromatic heterocycles. The third-order valence-corrected chi connectivity index (χ3v) is 7.13. The minimum Gasteiger partial charge on any atom is -0.744 e. The SMILES string of the molecule is CCCCCCCCCCCCc1cccc(Oc2cc(S(=O)(=O)[O-])ccc2S(=O)(=O)[O-])c1.[Na+].[Na+]. The van der Waals surface area contributed by atoms with E-state index in [1.807, 2.05) is 6.07 Å². The summed E-state index contributed by atoms with van der Waals surface area (Å²) in [6.07, 6.45) is 13.2. The van der Waals surface area contributed by atoms with Crippen molar-refractivity contribution in [1.82, 2.24) is 0 Å². The van der Waals surface area contributed by atoms with Crippen LogP contribution in [0, 0.1) is 0 Å². The molecule has 0 saturated heterocycles. The number of rotatable bonds is 15. The van der Waals surface area contributed by atoms with Gasteiger partial charge in [0.25, 0.3) is 0 Å². The number of unbranched alkanes of at least 4 members (excludes halogenated alkanes) is 9. The minimum atomic E-state index is -4.93. The molecule has 0 radical (unpaired) electrons. The number of aryl methyl sites for hydroxylation is 1. The summed E-state index contributed by atoms with van der Waals surface area (Å²) in [5.74, 6) is -0.233. The van der Waals surface area contributed by atoms with Crippen LogP contribution in [0.5, 0.6) is 11.5 Å². The van der Waals surface area contributed by atoms with E-state index in [1.165, 1.54) is 51.4 Å². The number of hydrogen-bond donors (Lipinski definition) is 0. The molecular weight excluding hydrogens is 510 g/mol. The number of benzene rings is 2. The summed E-state index contributed by atoms with van der Waals surface area (Å²) in [6, 6.07) is 9.26. The Morgan fingerprint density at radius 2 is 1.29 bits per heavy atom. The first kappa shape index (κ1) is 35.1. The predicted molar refractivity (Wildman–Crippen MR) is 124 cm³/mol. The van der Waals surface area contributed by atoms with Gasteiger partial charge in [-0.25, -0.2) is 16.8 Å². The van der Waals surface area contributed by atoms with Crippen molar-refractivity contribution in [2.75, 3.05) is 0 Å². The molecule has 0 bridgehead atoms. The molecular formula is C24H32Na2O7S2. The van der Waals surface area contributed by atoms with Gasteiger partial charge >= 0.3 is 59.1 Å². The molecule has 0 aliphatic heterocycles. The molecule has 0 spiro atoms. The van der Waals surface area contributed by atoms with Gasteiger partial charge in [0.05, 0.1) is 9.79 Å². The Labute approximate surface area is 254 Å². The first-order valence-corrected chi connectivity index (χ1v) is 14.3. The molecule has 0 atom stereocenters. The van der Waals surface area contributed by atoms with Crippen molar-refractivity contribution >= 4 is 20.2 Å². The standard InChI is InChI=1S/C24H34O7S2.2Na/c1-2-3-4-5-6-7-8-9-10-11-13-20-14-12-15-21(18-20)31-23-19-22(32(25,26)27)16-17-24(23)33(28,29)30;;/h12,14-19H,2-11,13H2,1H3,(H,25,26,27)(H,28,29,30);;/q;2*+1/p-2. The molecule has 7 nitrogen and oxygen atoms in total. The summed E-state index contributed by atoms with van der Waals surface area (Å²) in [5, 5.41) is 0. The van der Waals surface area contributed by atoms with E-state index in [2.05, 4.69) is 6.92 Å². The van der Waals surface area contributed by atoms with Crippen molar-refractivity contribution in [3.63, 3.8) is 0 Å². The third kappa shape index (κ3) is 13.4. The molecule has 0 aliphatic carbocycles. The van der Waals surface area contributed by atoms with Gasteiger partial charge in [-0.15, -0.1) is 0 Å². The van der Waals surface area contributed by atoms with Crippen LogP contribution in [0.15, 0.2) is 52.3 Å². The van der Waals surface area contributed by atoms with Gasteiger partial charge in [-0.2, -0.15) is 0 Å². The second-order valence-corrected chi connectivity index (χ2v) is 10.9. The second-order valence-electron chi connectivity index (χ2n) is 8.20. The van der Waals surface area contributed by atoms with E-state index in [9.17, 15) is 25.9 Å². The van der Waals surface area contributed by atoms with Crippen LogP contribution in [-0.2, 0) is 26.7 Å². The maximum absolute atomic E-state index is 11.5. The fraction of sp³-hybridized carbons (Fsp3) is 0.500. The Hall–Kier alpha value is 0.0600. The van der Waals surface area contributed by atoms with Crippen molar-refractivity contribution in [3.8, 4) is 11.5 Å². The Balaban J connectivity index is 0.00000578. The average Bonchev–Trinajstić information content (AvgIpc) is 2.74. The second kappa shape index (κ2) is 17.5. The summed E-state index contributed by atoms with van der Waals surface area (Å²) >= 11 is 0. The van der Waals surface area contributed by atoms with Crippen LogP contribution < -0.4 is 63.9 Å². The minimum absolute atomic E-state index is 0. The van der Waals surface area contributed by atoms with Crippen LogP contribution in [-0.4, -0.2) is 25.9 Å². The van der Waals surface area contributed by atoms with Gasteiger partial charge in [0.2, 0.25) is 0 Å². The first-order valence-electron chi connectivity index (χ1n) is 11.4. The van der Waals surface area contributed by atoms with Gasteiger partial charge < -0.3 is 13.8 Å². The van der Waals surface area contributed by atoms with E-state index in [4.69, 9.17) is 4.74 Å². The zero-order valence-electron chi connectivity index (χ0n) is 21.0. The first-order chi connectivity index (χ1) is 15.6. The molecule has 0 aliphatic rings. The summed E-state index contributed by atoms with van der Waals surface area (Å²) in [4.78, 5) is -1.40.